The number of thioether (sulfide) groups is 1. The molecule has 0 amide bonds. The number of hydrogen-bond donors (Lipinski definition) is 1. The van der Waals surface area contributed by atoms with E-state index in [0.717, 1.165) is 5.56 Å². The maximum absolute atomic E-state index is 13.8. The van der Waals surface area contributed by atoms with Gasteiger partial charge in [-0.1, -0.05) is 12.5 Å². The van der Waals surface area contributed by atoms with Crippen LogP contribution in [-0.2, 0) is 11.3 Å². The zero-order valence-electron chi connectivity index (χ0n) is 11.8. The number of esters is 1. The topological polar surface area (TPSA) is 38.3 Å². The fraction of sp³-hybridized carbons (Fsp3) is 0.533. The summed E-state index contributed by atoms with van der Waals surface area (Å²) in [5.74, 6) is -1.16. The first kappa shape index (κ1) is 15.3. The lowest BCUT2D eigenvalue weighted by molar-refractivity contribution is 0.0595. The molecule has 2 rings (SSSR count). The van der Waals surface area contributed by atoms with Crippen LogP contribution in [0.2, 0.25) is 0 Å². The number of halogens is 1. The number of benzene rings is 1. The summed E-state index contributed by atoms with van der Waals surface area (Å²) in [5.41, 5.74) is 0.834. The zero-order valence-corrected chi connectivity index (χ0v) is 12.6. The Kier molecular flexibility index (Phi) is 5.43. The Morgan fingerprint density at radius 3 is 2.95 bits per heavy atom. The van der Waals surface area contributed by atoms with Crippen LogP contribution >= 0.6 is 11.8 Å². The molecular formula is C15H20FNO2S. The van der Waals surface area contributed by atoms with Gasteiger partial charge in [-0.05, 0) is 36.8 Å². The summed E-state index contributed by atoms with van der Waals surface area (Å²) < 4.78 is 18.3. The molecule has 0 bridgehead atoms. The highest BCUT2D eigenvalue weighted by atomic mass is 32.2. The number of carbonyl (C=O) groups excluding carboxylic acids is 1. The number of ether oxygens (including phenoxy) is 1. The largest absolute Gasteiger partial charge is 0.465 e. The summed E-state index contributed by atoms with van der Waals surface area (Å²) in [4.78, 5) is 11.3. The van der Waals surface area contributed by atoms with E-state index in [2.05, 4.69) is 16.3 Å². The van der Waals surface area contributed by atoms with Crippen molar-refractivity contribution in [3.8, 4) is 0 Å². The monoisotopic (exact) mass is 297 g/mol. The third kappa shape index (κ3) is 3.52. The lowest BCUT2D eigenvalue weighted by Gasteiger charge is -2.19. The highest BCUT2D eigenvalue weighted by Gasteiger charge is 2.25. The molecular weight excluding hydrogens is 277 g/mol. The SMILES string of the molecule is COC(=O)c1ccc(CNC2CCCC2SC)cc1F. The van der Waals surface area contributed by atoms with Crippen LogP contribution in [0.15, 0.2) is 18.2 Å². The van der Waals surface area contributed by atoms with Crippen molar-refractivity contribution in [1.82, 2.24) is 5.32 Å². The van der Waals surface area contributed by atoms with Crippen molar-refractivity contribution < 1.29 is 13.9 Å². The minimum Gasteiger partial charge on any atom is -0.465 e. The second-order valence-electron chi connectivity index (χ2n) is 5.00. The molecule has 0 radical (unpaired) electrons. The first-order valence-electron chi connectivity index (χ1n) is 6.78. The predicted octanol–water partition coefficient (Wildman–Crippen LogP) is 2.99. The van der Waals surface area contributed by atoms with Gasteiger partial charge in [0.05, 0.1) is 12.7 Å². The predicted molar refractivity (Wildman–Crippen MR) is 79.5 cm³/mol. The van der Waals surface area contributed by atoms with Gasteiger partial charge in [0.1, 0.15) is 5.82 Å². The first-order valence-corrected chi connectivity index (χ1v) is 8.07. The van der Waals surface area contributed by atoms with Crippen LogP contribution in [0.3, 0.4) is 0 Å². The van der Waals surface area contributed by atoms with E-state index < -0.39 is 11.8 Å². The summed E-state index contributed by atoms with van der Waals surface area (Å²) in [6, 6.07) is 5.15. The van der Waals surface area contributed by atoms with Crippen molar-refractivity contribution in [1.29, 1.82) is 0 Å². The van der Waals surface area contributed by atoms with Crippen molar-refractivity contribution in [2.75, 3.05) is 13.4 Å². The molecule has 1 aromatic rings. The maximum Gasteiger partial charge on any atom is 0.340 e. The van der Waals surface area contributed by atoms with Crippen molar-refractivity contribution in [2.24, 2.45) is 0 Å². The number of rotatable bonds is 5. The zero-order chi connectivity index (χ0) is 14.5. The Morgan fingerprint density at radius 1 is 1.50 bits per heavy atom. The molecule has 5 heteroatoms. The molecule has 2 unspecified atom stereocenters. The van der Waals surface area contributed by atoms with E-state index in [1.807, 2.05) is 11.8 Å². The van der Waals surface area contributed by atoms with Crippen LogP contribution < -0.4 is 5.32 Å². The van der Waals surface area contributed by atoms with Crippen LogP contribution in [0.4, 0.5) is 4.39 Å². The summed E-state index contributed by atoms with van der Waals surface area (Å²) in [6.45, 7) is 0.625. The van der Waals surface area contributed by atoms with E-state index in [1.165, 1.54) is 38.5 Å². The van der Waals surface area contributed by atoms with E-state index in [9.17, 15) is 9.18 Å². The van der Waals surface area contributed by atoms with Crippen LogP contribution in [0.1, 0.15) is 35.2 Å². The Balaban J connectivity index is 1.97. The van der Waals surface area contributed by atoms with Crippen molar-refractivity contribution >= 4 is 17.7 Å². The molecule has 0 saturated heterocycles. The number of hydrogen-bond acceptors (Lipinski definition) is 4. The Labute approximate surface area is 123 Å². The van der Waals surface area contributed by atoms with Crippen molar-refractivity contribution in [2.45, 2.75) is 37.1 Å². The highest BCUT2D eigenvalue weighted by Crippen LogP contribution is 2.28. The minimum absolute atomic E-state index is 0.0147. The molecule has 20 heavy (non-hydrogen) atoms. The number of carbonyl (C=O) groups is 1. The van der Waals surface area contributed by atoms with Gasteiger partial charge in [-0.2, -0.15) is 11.8 Å². The van der Waals surface area contributed by atoms with Gasteiger partial charge in [-0.25, -0.2) is 9.18 Å². The fourth-order valence-corrected chi connectivity index (χ4v) is 3.60. The van der Waals surface area contributed by atoms with Gasteiger partial charge in [-0.3, -0.25) is 0 Å². The fourth-order valence-electron chi connectivity index (χ4n) is 2.63. The molecule has 0 aliphatic heterocycles. The lowest BCUT2D eigenvalue weighted by Crippen LogP contribution is -2.33. The van der Waals surface area contributed by atoms with E-state index in [-0.39, 0.29) is 5.56 Å². The van der Waals surface area contributed by atoms with Gasteiger partial charge in [-0.15, -0.1) is 0 Å². The molecule has 110 valence electrons. The van der Waals surface area contributed by atoms with E-state index >= 15 is 0 Å². The maximum atomic E-state index is 13.8. The Morgan fingerprint density at radius 2 is 2.30 bits per heavy atom. The van der Waals surface area contributed by atoms with Gasteiger partial charge in [0, 0.05) is 17.8 Å². The molecule has 1 fully saturated rings. The van der Waals surface area contributed by atoms with E-state index in [0.29, 0.717) is 17.8 Å². The van der Waals surface area contributed by atoms with E-state index in [1.54, 1.807) is 6.07 Å². The second-order valence-corrected chi connectivity index (χ2v) is 6.08. The molecule has 2 atom stereocenters. The van der Waals surface area contributed by atoms with Crippen molar-refractivity contribution in [3.05, 3.63) is 35.1 Å². The van der Waals surface area contributed by atoms with Crippen LogP contribution in [0.25, 0.3) is 0 Å². The average Bonchev–Trinajstić information content (AvgIpc) is 2.92. The third-order valence-corrected chi connectivity index (χ3v) is 4.93. The molecule has 1 aromatic carbocycles. The normalized spacial score (nSPS) is 21.9. The average molecular weight is 297 g/mol. The molecule has 1 aliphatic rings. The van der Waals surface area contributed by atoms with E-state index in [4.69, 9.17) is 0 Å². The Bertz CT molecular complexity index is 481. The molecule has 1 saturated carbocycles. The standard InChI is InChI=1S/C15H20FNO2S/c1-19-15(18)11-7-6-10(8-12(11)16)9-17-13-4-3-5-14(13)20-2/h6-8,13-14,17H,3-5,9H2,1-2H3. The lowest BCUT2D eigenvalue weighted by atomic mass is 10.1. The van der Waals surface area contributed by atoms with Gasteiger partial charge in [0.25, 0.3) is 0 Å². The van der Waals surface area contributed by atoms with Gasteiger partial charge < -0.3 is 10.1 Å². The number of nitrogens with one attached hydrogen (secondary N) is 1. The van der Waals surface area contributed by atoms with Crippen LogP contribution in [0, 0.1) is 5.82 Å². The highest BCUT2D eigenvalue weighted by molar-refractivity contribution is 7.99. The number of methoxy groups -OCH3 is 1. The summed E-state index contributed by atoms with van der Waals surface area (Å²) >= 11 is 1.89. The van der Waals surface area contributed by atoms with Crippen LogP contribution in [-0.4, -0.2) is 30.6 Å². The summed E-state index contributed by atoms with van der Waals surface area (Å²) in [5, 5.41) is 4.13. The van der Waals surface area contributed by atoms with Gasteiger partial charge in [0.2, 0.25) is 0 Å². The summed E-state index contributed by atoms with van der Waals surface area (Å²) in [7, 11) is 1.25. The van der Waals surface area contributed by atoms with Crippen LogP contribution in [0.5, 0.6) is 0 Å². The molecule has 1 aliphatic carbocycles. The van der Waals surface area contributed by atoms with Gasteiger partial charge >= 0.3 is 5.97 Å². The van der Waals surface area contributed by atoms with Crippen molar-refractivity contribution in [3.63, 3.8) is 0 Å². The molecule has 1 N–H and O–H groups in total. The molecule has 0 heterocycles. The third-order valence-electron chi connectivity index (χ3n) is 3.76. The van der Waals surface area contributed by atoms with Gasteiger partial charge in [0.15, 0.2) is 0 Å². The molecule has 0 aromatic heterocycles. The first-order chi connectivity index (χ1) is 9.65. The smallest absolute Gasteiger partial charge is 0.340 e. The second kappa shape index (κ2) is 7.09. The minimum atomic E-state index is -0.639. The molecule has 3 nitrogen and oxygen atoms in total. The Hall–Kier alpha value is -1.07. The summed E-state index contributed by atoms with van der Waals surface area (Å²) in [6.07, 6.45) is 5.80. The quantitative estimate of drug-likeness (QED) is 0.848. The molecule has 0 spiro atoms.